The van der Waals surface area contributed by atoms with E-state index in [9.17, 15) is 5.11 Å². The van der Waals surface area contributed by atoms with Gasteiger partial charge in [-0.3, -0.25) is 4.40 Å². The number of aromatic nitrogens is 2. The van der Waals surface area contributed by atoms with E-state index in [2.05, 4.69) is 4.98 Å². The van der Waals surface area contributed by atoms with Crippen LogP contribution in [0.2, 0.25) is 10.0 Å². The Morgan fingerprint density at radius 2 is 1.90 bits per heavy atom. The molecule has 0 fully saturated rings. The van der Waals surface area contributed by atoms with Gasteiger partial charge in [-0.05, 0) is 13.0 Å². The van der Waals surface area contributed by atoms with Gasteiger partial charge in [-0.25, -0.2) is 4.98 Å². The monoisotopic (exact) mass is 306 g/mol. The first-order valence-corrected chi connectivity index (χ1v) is 6.89. The average Bonchev–Trinajstić information content (AvgIpc) is 2.78. The predicted molar refractivity (Wildman–Crippen MR) is 81.3 cm³/mol. The molecule has 0 unspecified atom stereocenters. The normalized spacial score (nSPS) is 11.2. The zero-order valence-corrected chi connectivity index (χ0v) is 12.3. The molecule has 3 aromatic rings. The zero-order chi connectivity index (χ0) is 14.3. The summed E-state index contributed by atoms with van der Waals surface area (Å²) in [5.41, 5.74) is 4.10. The molecule has 0 saturated heterocycles. The number of nitrogens with zero attached hydrogens (tertiary/aromatic N) is 2. The highest BCUT2D eigenvalue weighted by Gasteiger charge is 2.15. The van der Waals surface area contributed by atoms with Crippen LogP contribution >= 0.6 is 23.2 Å². The first-order valence-electron chi connectivity index (χ1n) is 6.14. The number of benzene rings is 1. The molecule has 3 nitrogen and oxygen atoms in total. The number of hydrogen-bond acceptors (Lipinski definition) is 2. The quantitative estimate of drug-likeness (QED) is 0.773. The number of fused-ring (bicyclic) bond motifs is 1. The van der Waals surface area contributed by atoms with Crippen LogP contribution in [0.1, 0.15) is 11.3 Å². The van der Waals surface area contributed by atoms with E-state index >= 15 is 0 Å². The molecule has 0 atom stereocenters. The second-order valence-corrected chi connectivity index (χ2v) is 5.47. The molecule has 3 rings (SSSR count). The lowest BCUT2D eigenvalue weighted by atomic mass is 10.1. The maximum atomic E-state index is 9.66. The van der Waals surface area contributed by atoms with Gasteiger partial charge >= 0.3 is 0 Å². The Balaban J connectivity index is 2.30. The first kappa shape index (κ1) is 13.4. The summed E-state index contributed by atoms with van der Waals surface area (Å²) < 4.78 is 1.74. The SMILES string of the molecule is Cc1ccc(-c2nc3c(Cl)cc(Cl)cn3c2CO)cc1. The Labute approximate surface area is 126 Å². The largest absolute Gasteiger partial charge is 0.390 e. The van der Waals surface area contributed by atoms with E-state index in [1.54, 1.807) is 16.7 Å². The Hall–Kier alpha value is -1.55. The fraction of sp³-hybridized carbons (Fsp3) is 0.133. The number of aliphatic hydroxyl groups excluding tert-OH is 1. The fourth-order valence-electron chi connectivity index (χ4n) is 2.21. The van der Waals surface area contributed by atoms with Gasteiger partial charge in [0.05, 0.1) is 28.0 Å². The lowest BCUT2D eigenvalue weighted by Crippen LogP contribution is -1.94. The maximum absolute atomic E-state index is 9.66. The van der Waals surface area contributed by atoms with E-state index in [1.165, 1.54) is 5.56 Å². The summed E-state index contributed by atoms with van der Waals surface area (Å²) in [6.45, 7) is 1.89. The zero-order valence-electron chi connectivity index (χ0n) is 10.8. The van der Waals surface area contributed by atoms with Crippen molar-refractivity contribution in [2.24, 2.45) is 0 Å². The second-order valence-electron chi connectivity index (χ2n) is 4.63. The molecule has 102 valence electrons. The van der Waals surface area contributed by atoms with Crippen LogP contribution in [0.25, 0.3) is 16.9 Å². The van der Waals surface area contributed by atoms with Gasteiger partial charge in [0.2, 0.25) is 0 Å². The van der Waals surface area contributed by atoms with E-state index in [1.807, 2.05) is 31.2 Å². The molecule has 0 bridgehead atoms. The number of aryl methyl sites for hydroxylation is 1. The molecule has 0 radical (unpaired) electrons. The van der Waals surface area contributed by atoms with E-state index in [-0.39, 0.29) is 6.61 Å². The molecule has 1 N–H and O–H groups in total. The third-order valence-electron chi connectivity index (χ3n) is 3.22. The Kier molecular flexibility index (Phi) is 3.42. The Morgan fingerprint density at radius 1 is 1.20 bits per heavy atom. The van der Waals surface area contributed by atoms with Gasteiger partial charge in [0.15, 0.2) is 5.65 Å². The summed E-state index contributed by atoms with van der Waals surface area (Å²) >= 11 is 12.2. The van der Waals surface area contributed by atoms with Crippen molar-refractivity contribution in [3.8, 4) is 11.3 Å². The van der Waals surface area contributed by atoms with E-state index in [4.69, 9.17) is 23.2 Å². The molecule has 20 heavy (non-hydrogen) atoms. The van der Waals surface area contributed by atoms with Crippen molar-refractivity contribution in [1.29, 1.82) is 0 Å². The highest BCUT2D eigenvalue weighted by Crippen LogP contribution is 2.29. The highest BCUT2D eigenvalue weighted by molar-refractivity contribution is 6.36. The molecular formula is C15H12Cl2N2O. The number of hydrogen-bond donors (Lipinski definition) is 1. The summed E-state index contributed by atoms with van der Waals surface area (Å²) in [6, 6.07) is 9.62. The molecule has 0 spiro atoms. The molecule has 0 amide bonds. The summed E-state index contributed by atoms with van der Waals surface area (Å²) in [4.78, 5) is 4.54. The van der Waals surface area contributed by atoms with Crippen LogP contribution in [0.5, 0.6) is 0 Å². The van der Waals surface area contributed by atoms with Crippen LogP contribution in [0.3, 0.4) is 0 Å². The van der Waals surface area contributed by atoms with Crippen LogP contribution in [0, 0.1) is 6.92 Å². The molecule has 5 heteroatoms. The smallest absolute Gasteiger partial charge is 0.156 e. The second kappa shape index (κ2) is 5.09. The lowest BCUT2D eigenvalue weighted by Gasteiger charge is -2.03. The standard InChI is InChI=1S/C15H12Cl2N2O/c1-9-2-4-10(5-3-9)14-13(8-20)19-7-11(16)6-12(17)15(19)18-14/h2-7,20H,8H2,1H3. The number of aliphatic hydroxyl groups is 1. The Bertz CT molecular complexity index is 779. The van der Waals surface area contributed by atoms with Crippen molar-refractivity contribution in [1.82, 2.24) is 9.38 Å². The van der Waals surface area contributed by atoms with Crippen LogP contribution in [0.15, 0.2) is 36.5 Å². The average molecular weight is 307 g/mol. The van der Waals surface area contributed by atoms with Gasteiger partial charge < -0.3 is 5.11 Å². The molecule has 0 aliphatic carbocycles. The van der Waals surface area contributed by atoms with Crippen LogP contribution in [-0.4, -0.2) is 14.5 Å². The number of halogens is 2. The molecule has 1 aromatic carbocycles. The van der Waals surface area contributed by atoms with Gasteiger partial charge in [-0.15, -0.1) is 0 Å². The Morgan fingerprint density at radius 3 is 2.55 bits per heavy atom. The van der Waals surface area contributed by atoms with Gasteiger partial charge in [0, 0.05) is 11.8 Å². The topological polar surface area (TPSA) is 37.5 Å². The van der Waals surface area contributed by atoms with Gasteiger partial charge in [-0.1, -0.05) is 53.0 Å². The number of pyridine rings is 1. The van der Waals surface area contributed by atoms with Gasteiger partial charge in [0.25, 0.3) is 0 Å². The maximum Gasteiger partial charge on any atom is 0.156 e. The molecule has 0 saturated carbocycles. The number of imidazole rings is 1. The van der Waals surface area contributed by atoms with E-state index in [0.29, 0.717) is 21.4 Å². The summed E-state index contributed by atoms with van der Waals surface area (Å²) in [6.07, 6.45) is 1.71. The van der Waals surface area contributed by atoms with Crippen molar-refractivity contribution in [2.45, 2.75) is 13.5 Å². The van der Waals surface area contributed by atoms with E-state index in [0.717, 1.165) is 11.3 Å². The predicted octanol–water partition coefficient (Wildman–Crippen LogP) is 4.11. The van der Waals surface area contributed by atoms with Crippen molar-refractivity contribution in [3.63, 3.8) is 0 Å². The van der Waals surface area contributed by atoms with Crippen LogP contribution in [-0.2, 0) is 6.61 Å². The summed E-state index contributed by atoms with van der Waals surface area (Å²) in [7, 11) is 0. The molecule has 2 aromatic heterocycles. The van der Waals surface area contributed by atoms with Crippen molar-refractivity contribution in [2.75, 3.05) is 0 Å². The van der Waals surface area contributed by atoms with Crippen molar-refractivity contribution >= 4 is 28.8 Å². The van der Waals surface area contributed by atoms with E-state index < -0.39 is 0 Å². The van der Waals surface area contributed by atoms with Crippen LogP contribution in [0.4, 0.5) is 0 Å². The third-order valence-corrected chi connectivity index (χ3v) is 3.70. The third kappa shape index (κ3) is 2.18. The first-order chi connectivity index (χ1) is 9.60. The minimum absolute atomic E-state index is 0.138. The summed E-state index contributed by atoms with van der Waals surface area (Å²) in [5.74, 6) is 0. The lowest BCUT2D eigenvalue weighted by molar-refractivity contribution is 0.276. The van der Waals surface area contributed by atoms with Gasteiger partial charge in [-0.2, -0.15) is 0 Å². The molecule has 0 aliphatic heterocycles. The van der Waals surface area contributed by atoms with Crippen LogP contribution < -0.4 is 0 Å². The highest BCUT2D eigenvalue weighted by atomic mass is 35.5. The number of rotatable bonds is 2. The minimum atomic E-state index is -0.138. The van der Waals surface area contributed by atoms with Crippen molar-refractivity contribution in [3.05, 3.63) is 57.8 Å². The molecule has 0 aliphatic rings. The fourth-order valence-corrected chi connectivity index (χ4v) is 2.73. The summed E-state index contributed by atoms with van der Waals surface area (Å²) in [5, 5.41) is 10.6. The van der Waals surface area contributed by atoms with Gasteiger partial charge in [0.1, 0.15) is 0 Å². The van der Waals surface area contributed by atoms with Crippen molar-refractivity contribution < 1.29 is 5.11 Å². The molecule has 2 heterocycles. The minimum Gasteiger partial charge on any atom is -0.390 e. The molecular weight excluding hydrogens is 295 g/mol.